The van der Waals surface area contributed by atoms with Crippen LogP contribution < -0.4 is 10.1 Å². The average molecular weight is 470 g/mol. The second kappa shape index (κ2) is 13.4. The maximum absolute atomic E-state index is 12.7. The first-order valence-corrected chi connectivity index (χ1v) is 11.8. The number of esters is 2. The Morgan fingerprint density at radius 1 is 0.765 bits per heavy atom. The molecule has 1 amide bonds. The fourth-order valence-corrected chi connectivity index (χ4v) is 3.56. The van der Waals surface area contributed by atoms with Crippen molar-refractivity contribution in [2.75, 3.05) is 13.2 Å². The monoisotopic (exact) mass is 469 g/mol. The van der Waals surface area contributed by atoms with Gasteiger partial charge in [0, 0.05) is 6.92 Å². The van der Waals surface area contributed by atoms with Crippen LogP contribution in [0.15, 0.2) is 48.5 Å². The van der Waals surface area contributed by atoms with Gasteiger partial charge in [0.15, 0.2) is 0 Å². The molecule has 0 heterocycles. The SMILES string of the molecule is CCCCc1ccc(Oc2ccc(CCC(NC(C)=O)(C(=O)OCC)C(=O)OCC)cc2)cc1. The number of carbonyl (C=O) groups excluding carboxylic acids is 3. The first-order valence-electron chi connectivity index (χ1n) is 11.8. The summed E-state index contributed by atoms with van der Waals surface area (Å²) in [6.45, 7) is 6.85. The molecular weight excluding hydrogens is 434 g/mol. The Morgan fingerprint density at radius 3 is 1.65 bits per heavy atom. The molecule has 0 fully saturated rings. The van der Waals surface area contributed by atoms with Crippen molar-refractivity contribution >= 4 is 17.8 Å². The molecule has 0 bridgehead atoms. The number of unbranched alkanes of at least 4 members (excludes halogenated alkanes) is 1. The lowest BCUT2D eigenvalue weighted by atomic mass is 9.90. The quantitative estimate of drug-likeness (QED) is 0.336. The first-order chi connectivity index (χ1) is 16.3. The van der Waals surface area contributed by atoms with Crippen LogP contribution >= 0.6 is 0 Å². The largest absolute Gasteiger partial charge is 0.464 e. The van der Waals surface area contributed by atoms with Gasteiger partial charge in [-0.05, 0) is 74.9 Å². The summed E-state index contributed by atoms with van der Waals surface area (Å²) in [6.07, 6.45) is 3.73. The van der Waals surface area contributed by atoms with E-state index in [1.807, 2.05) is 36.4 Å². The molecule has 1 N–H and O–H groups in total. The van der Waals surface area contributed by atoms with E-state index >= 15 is 0 Å². The van der Waals surface area contributed by atoms with Crippen molar-refractivity contribution in [2.45, 2.75) is 65.3 Å². The van der Waals surface area contributed by atoms with Gasteiger partial charge in [0.2, 0.25) is 11.4 Å². The number of ether oxygens (including phenoxy) is 3. The molecule has 2 rings (SSSR count). The van der Waals surface area contributed by atoms with Crippen LogP contribution in [0.3, 0.4) is 0 Å². The van der Waals surface area contributed by atoms with E-state index in [0.29, 0.717) is 12.2 Å². The van der Waals surface area contributed by atoms with E-state index in [-0.39, 0.29) is 19.6 Å². The van der Waals surface area contributed by atoms with Crippen LogP contribution in [0.5, 0.6) is 11.5 Å². The minimum atomic E-state index is -1.90. The molecule has 7 nitrogen and oxygen atoms in total. The molecule has 0 radical (unpaired) electrons. The Hall–Kier alpha value is -3.35. The summed E-state index contributed by atoms with van der Waals surface area (Å²) in [7, 11) is 0. The predicted molar refractivity (Wildman–Crippen MR) is 130 cm³/mol. The van der Waals surface area contributed by atoms with Crippen molar-refractivity contribution in [3.05, 3.63) is 59.7 Å². The van der Waals surface area contributed by atoms with Gasteiger partial charge in [0.25, 0.3) is 0 Å². The summed E-state index contributed by atoms with van der Waals surface area (Å²) in [4.78, 5) is 37.3. The Morgan fingerprint density at radius 2 is 1.24 bits per heavy atom. The lowest BCUT2D eigenvalue weighted by molar-refractivity contribution is -0.168. The van der Waals surface area contributed by atoms with Crippen LogP contribution in [0.2, 0.25) is 0 Å². The van der Waals surface area contributed by atoms with Crippen LogP contribution in [-0.2, 0) is 36.7 Å². The molecule has 2 aromatic rings. The van der Waals surface area contributed by atoms with Crippen LogP contribution in [0.4, 0.5) is 0 Å². The molecule has 2 aromatic carbocycles. The van der Waals surface area contributed by atoms with Crippen molar-refractivity contribution in [2.24, 2.45) is 0 Å². The number of amides is 1. The zero-order valence-electron chi connectivity index (χ0n) is 20.5. The predicted octanol–water partition coefficient (Wildman–Crippen LogP) is 4.76. The fourth-order valence-electron chi connectivity index (χ4n) is 3.56. The Bertz CT molecular complexity index is 919. The maximum Gasteiger partial charge on any atom is 0.343 e. The molecule has 0 spiro atoms. The molecule has 184 valence electrons. The lowest BCUT2D eigenvalue weighted by Gasteiger charge is -2.29. The van der Waals surface area contributed by atoms with E-state index < -0.39 is 23.4 Å². The highest BCUT2D eigenvalue weighted by Gasteiger charge is 2.49. The topological polar surface area (TPSA) is 90.9 Å². The van der Waals surface area contributed by atoms with E-state index in [4.69, 9.17) is 14.2 Å². The third-order valence-electron chi connectivity index (χ3n) is 5.33. The fraction of sp³-hybridized carbons (Fsp3) is 0.444. The summed E-state index contributed by atoms with van der Waals surface area (Å²) >= 11 is 0. The number of benzene rings is 2. The number of nitrogens with one attached hydrogen (secondary N) is 1. The molecule has 0 aliphatic carbocycles. The van der Waals surface area contributed by atoms with Crippen molar-refractivity contribution in [1.82, 2.24) is 5.32 Å². The molecule has 0 atom stereocenters. The number of aryl methyl sites for hydroxylation is 2. The summed E-state index contributed by atoms with van der Waals surface area (Å²) in [5.41, 5.74) is 0.257. The van der Waals surface area contributed by atoms with Gasteiger partial charge in [0.05, 0.1) is 13.2 Å². The number of carbonyl (C=O) groups is 3. The normalized spacial score (nSPS) is 10.9. The summed E-state index contributed by atoms with van der Waals surface area (Å²) in [5.74, 6) is -0.751. The first kappa shape index (κ1) is 26.9. The number of hydrogen-bond donors (Lipinski definition) is 1. The zero-order valence-corrected chi connectivity index (χ0v) is 20.5. The third kappa shape index (κ3) is 7.61. The zero-order chi connectivity index (χ0) is 25.0. The standard InChI is InChI=1S/C27H35NO6/c1-5-8-9-21-10-14-23(15-11-21)34-24-16-12-22(13-17-24)18-19-27(28-20(4)29,25(30)32-6-2)26(31)33-7-3/h10-17H,5-9,18-19H2,1-4H3,(H,28,29). The minimum absolute atomic E-state index is 0.00364. The molecule has 0 aliphatic rings. The molecule has 0 unspecified atom stereocenters. The van der Waals surface area contributed by atoms with Gasteiger partial charge in [-0.25, -0.2) is 9.59 Å². The summed E-state index contributed by atoms with van der Waals surface area (Å²) in [6, 6.07) is 15.4. The van der Waals surface area contributed by atoms with Crippen molar-refractivity contribution in [3.63, 3.8) is 0 Å². The Kier molecular flexibility index (Phi) is 10.6. The van der Waals surface area contributed by atoms with Gasteiger partial charge in [-0.15, -0.1) is 0 Å². The molecule has 34 heavy (non-hydrogen) atoms. The third-order valence-corrected chi connectivity index (χ3v) is 5.33. The molecular formula is C27H35NO6. The molecule has 0 saturated heterocycles. The van der Waals surface area contributed by atoms with Crippen LogP contribution in [0, 0.1) is 0 Å². The molecule has 0 aliphatic heterocycles. The van der Waals surface area contributed by atoms with Crippen LogP contribution in [0.25, 0.3) is 0 Å². The highest BCUT2D eigenvalue weighted by molar-refractivity contribution is 6.07. The van der Waals surface area contributed by atoms with E-state index in [1.165, 1.54) is 12.5 Å². The highest BCUT2D eigenvalue weighted by Crippen LogP contribution is 2.25. The molecule has 0 aromatic heterocycles. The number of rotatable bonds is 13. The van der Waals surface area contributed by atoms with Crippen LogP contribution in [-0.4, -0.2) is 36.6 Å². The van der Waals surface area contributed by atoms with E-state index in [0.717, 1.165) is 30.6 Å². The van der Waals surface area contributed by atoms with Crippen molar-refractivity contribution in [3.8, 4) is 11.5 Å². The van der Waals surface area contributed by atoms with E-state index in [1.54, 1.807) is 13.8 Å². The van der Waals surface area contributed by atoms with Gasteiger partial charge in [-0.2, -0.15) is 0 Å². The van der Waals surface area contributed by atoms with Gasteiger partial charge in [0.1, 0.15) is 11.5 Å². The molecule has 7 heteroatoms. The lowest BCUT2D eigenvalue weighted by Crippen LogP contribution is -2.61. The summed E-state index contributed by atoms with van der Waals surface area (Å²) < 4.78 is 16.1. The van der Waals surface area contributed by atoms with Gasteiger partial charge >= 0.3 is 11.9 Å². The smallest absolute Gasteiger partial charge is 0.343 e. The second-order valence-corrected chi connectivity index (χ2v) is 8.02. The Balaban J connectivity index is 2.11. The average Bonchev–Trinajstić information content (AvgIpc) is 2.82. The van der Waals surface area contributed by atoms with Crippen molar-refractivity contribution in [1.29, 1.82) is 0 Å². The maximum atomic E-state index is 12.7. The van der Waals surface area contributed by atoms with Gasteiger partial charge < -0.3 is 19.5 Å². The van der Waals surface area contributed by atoms with E-state index in [2.05, 4.69) is 24.4 Å². The Labute approximate surface area is 201 Å². The van der Waals surface area contributed by atoms with Gasteiger partial charge in [-0.3, -0.25) is 4.79 Å². The number of hydrogen-bond acceptors (Lipinski definition) is 6. The minimum Gasteiger partial charge on any atom is -0.464 e. The highest BCUT2D eigenvalue weighted by atomic mass is 16.6. The second-order valence-electron chi connectivity index (χ2n) is 8.02. The van der Waals surface area contributed by atoms with Gasteiger partial charge in [-0.1, -0.05) is 37.6 Å². The van der Waals surface area contributed by atoms with Crippen LogP contribution in [0.1, 0.15) is 58.1 Å². The molecule has 0 saturated carbocycles. The van der Waals surface area contributed by atoms with Crippen molar-refractivity contribution < 1.29 is 28.6 Å². The van der Waals surface area contributed by atoms with E-state index in [9.17, 15) is 14.4 Å². The summed E-state index contributed by atoms with van der Waals surface area (Å²) in [5, 5.41) is 2.48.